The largest absolute Gasteiger partial charge is 0.263 e. The maximum atomic E-state index is 2.12. The van der Waals surface area contributed by atoms with Gasteiger partial charge in [-0.25, -0.2) is 0 Å². The van der Waals surface area contributed by atoms with E-state index in [1.807, 2.05) is 24.4 Å². The number of nitrogens with zero attached hydrogens (tertiary/aromatic N) is 2. The second kappa shape index (κ2) is 2.77. The minimum Gasteiger partial charge on any atom is -0.263 e. The second-order valence-corrected chi connectivity index (χ2v) is 3.29. The summed E-state index contributed by atoms with van der Waals surface area (Å²) < 4.78 is 0. The maximum Gasteiger partial charge on any atom is 0.0717 e. The third kappa shape index (κ3) is 0.973. The Morgan fingerprint density at radius 2 is 1.79 bits per heavy atom. The third-order valence-corrected chi connectivity index (χ3v) is 2.39. The Balaban J connectivity index is 2.09. The molecule has 0 spiro atoms. The van der Waals surface area contributed by atoms with Crippen molar-refractivity contribution in [2.45, 2.75) is 0 Å². The molecule has 0 radical (unpaired) electrons. The molecule has 14 heavy (non-hydrogen) atoms. The molecule has 2 heteroatoms. The first kappa shape index (κ1) is 7.44. The molecule has 0 saturated carbocycles. The lowest BCUT2D eigenvalue weighted by Gasteiger charge is -2.27. The average Bonchev–Trinajstić information content (AvgIpc) is 2.42. The lowest BCUT2D eigenvalue weighted by molar-refractivity contribution is 0.204. The van der Waals surface area contributed by atoms with Crippen molar-refractivity contribution in [1.29, 1.82) is 0 Å². The highest BCUT2D eigenvalue weighted by Gasteiger charge is 2.22. The fourth-order valence-electron chi connectivity index (χ4n) is 1.74. The van der Waals surface area contributed by atoms with E-state index < -0.39 is 0 Å². The molecule has 0 atom stereocenters. The Bertz CT molecular complexity index is 433. The predicted molar refractivity (Wildman–Crippen MR) is 56.4 cm³/mol. The van der Waals surface area contributed by atoms with Gasteiger partial charge in [-0.05, 0) is 18.2 Å². The lowest BCUT2D eigenvalue weighted by atomic mass is 10.2. The zero-order chi connectivity index (χ0) is 9.38. The molecule has 0 aromatic carbocycles. The van der Waals surface area contributed by atoms with E-state index in [1.54, 1.807) is 0 Å². The van der Waals surface area contributed by atoms with Crippen molar-refractivity contribution < 1.29 is 0 Å². The van der Waals surface area contributed by atoms with Crippen LogP contribution in [-0.4, -0.2) is 10.0 Å². The van der Waals surface area contributed by atoms with E-state index in [0.717, 1.165) is 0 Å². The van der Waals surface area contributed by atoms with Gasteiger partial charge >= 0.3 is 0 Å². The zero-order valence-corrected chi connectivity index (χ0v) is 7.67. The molecule has 0 amide bonds. The molecule has 3 aliphatic rings. The van der Waals surface area contributed by atoms with Crippen molar-refractivity contribution in [2.75, 3.05) is 0 Å². The molecule has 0 fully saturated rings. The molecular weight excluding hydrogens is 172 g/mol. The van der Waals surface area contributed by atoms with Crippen LogP contribution in [0.2, 0.25) is 0 Å². The van der Waals surface area contributed by atoms with Crippen LogP contribution in [-0.2, 0) is 0 Å². The fourth-order valence-corrected chi connectivity index (χ4v) is 1.74. The van der Waals surface area contributed by atoms with E-state index in [4.69, 9.17) is 0 Å². The van der Waals surface area contributed by atoms with E-state index in [0.29, 0.717) is 0 Å². The Morgan fingerprint density at radius 3 is 2.79 bits per heavy atom. The summed E-state index contributed by atoms with van der Waals surface area (Å²) in [5.41, 5.74) is 2.46. The number of hydrazine groups is 1. The van der Waals surface area contributed by atoms with E-state index in [1.165, 1.54) is 11.3 Å². The molecule has 1 aliphatic carbocycles. The number of hydrogen-bond acceptors (Lipinski definition) is 2. The van der Waals surface area contributed by atoms with E-state index >= 15 is 0 Å². The summed E-state index contributed by atoms with van der Waals surface area (Å²) in [7, 11) is 0. The predicted octanol–water partition coefficient (Wildman–Crippen LogP) is 2.45. The molecule has 0 N–H and O–H groups in total. The van der Waals surface area contributed by atoms with Crippen molar-refractivity contribution in [3.05, 3.63) is 72.4 Å². The van der Waals surface area contributed by atoms with Gasteiger partial charge in [0.15, 0.2) is 0 Å². The topological polar surface area (TPSA) is 6.48 Å². The molecule has 68 valence electrons. The van der Waals surface area contributed by atoms with E-state index in [2.05, 4.69) is 46.7 Å². The Morgan fingerprint density at radius 1 is 0.857 bits per heavy atom. The van der Waals surface area contributed by atoms with Crippen LogP contribution in [0.3, 0.4) is 0 Å². The molecular formula is C12H10N2. The normalized spacial score (nSPS) is 21.7. The van der Waals surface area contributed by atoms with Gasteiger partial charge in [0.2, 0.25) is 0 Å². The summed E-state index contributed by atoms with van der Waals surface area (Å²) in [5.74, 6) is 0. The smallest absolute Gasteiger partial charge is 0.0717 e. The standard InChI is InChI=1S/C12H10N2/c1-2-6-11-10-13-8-4-5-9-14(13)12(11)7-3-1/h1-10H. The zero-order valence-electron chi connectivity index (χ0n) is 7.67. The van der Waals surface area contributed by atoms with Gasteiger partial charge in [0.25, 0.3) is 0 Å². The number of rotatable bonds is 0. The minimum atomic E-state index is 1.22. The Labute approximate surface area is 83.1 Å². The van der Waals surface area contributed by atoms with Crippen LogP contribution in [0.4, 0.5) is 0 Å². The molecule has 2 aliphatic heterocycles. The molecule has 0 aromatic heterocycles. The summed E-state index contributed by atoms with van der Waals surface area (Å²) in [6.45, 7) is 0. The van der Waals surface area contributed by atoms with Gasteiger partial charge in [0, 0.05) is 24.2 Å². The summed E-state index contributed by atoms with van der Waals surface area (Å²) in [6.07, 6.45) is 20.7. The van der Waals surface area contributed by atoms with Gasteiger partial charge in [0.1, 0.15) is 0 Å². The Hall–Kier alpha value is -1.96. The van der Waals surface area contributed by atoms with Gasteiger partial charge in [-0.1, -0.05) is 24.3 Å². The summed E-state index contributed by atoms with van der Waals surface area (Å²) in [5, 5.41) is 4.19. The van der Waals surface area contributed by atoms with Crippen LogP contribution in [0.5, 0.6) is 0 Å². The Kier molecular flexibility index (Phi) is 1.47. The second-order valence-electron chi connectivity index (χ2n) is 3.29. The maximum absolute atomic E-state index is 2.12. The van der Waals surface area contributed by atoms with E-state index in [9.17, 15) is 0 Å². The van der Waals surface area contributed by atoms with Gasteiger partial charge < -0.3 is 0 Å². The molecule has 2 nitrogen and oxygen atoms in total. The molecule has 0 aromatic rings. The van der Waals surface area contributed by atoms with Gasteiger partial charge in [-0.2, -0.15) is 0 Å². The average molecular weight is 182 g/mol. The first-order valence-electron chi connectivity index (χ1n) is 4.65. The monoisotopic (exact) mass is 182 g/mol. The molecule has 2 heterocycles. The first-order valence-corrected chi connectivity index (χ1v) is 4.65. The summed E-state index contributed by atoms with van der Waals surface area (Å²) >= 11 is 0. The number of hydrogen-bond donors (Lipinski definition) is 0. The van der Waals surface area contributed by atoms with Crippen molar-refractivity contribution in [3.8, 4) is 0 Å². The summed E-state index contributed by atoms with van der Waals surface area (Å²) in [4.78, 5) is 0. The quantitative estimate of drug-likeness (QED) is 0.567. The highest BCUT2D eigenvalue weighted by Crippen LogP contribution is 2.30. The SMILES string of the molecule is C1=CC=C2C(=CN3C=CC=CN23)C=C1. The minimum absolute atomic E-state index is 1.22. The molecule has 0 saturated heterocycles. The fraction of sp³-hybridized carbons (Fsp3) is 0. The molecule has 0 unspecified atom stereocenters. The van der Waals surface area contributed by atoms with Gasteiger partial charge in [-0.15, -0.1) is 0 Å². The van der Waals surface area contributed by atoms with Crippen LogP contribution < -0.4 is 0 Å². The van der Waals surface area contributed by atoms with Gasteiger partial charge in [0.05, 0.1) is 5.70 Å². The van der Waals surface area contributed by atoms with Crippen LogP contribution in [0.15, 0.2) is 72.4 Å². The van der Waals surface area contributed by atoms with Crippen molar-refractivity contribution in [2.24, 2.45) is 0 Å². The number of fused-ring (bicyclic) bond motifs is 3. The van der Waals surface area contributed by atoms with Crippen LogP contribution >= 0.6 is 0 Å². The highest BCUT2D eigenvalue weighted by molar-refractivity contribution is 5.48. The van der Waals surface area contributed by atoms with Crippen LogP contribution in [0, 0.1) is 0 Å². The summed E-state index contributed by atoms with van der Waals surface area (Å²) in [6, 6.07) is 0. The van der Waals surface area contributed by atoms with Crippen LogP contribution in [0.1, 0.15) is 0 Å². The van der Waals surface area contributed by atoms with E-state index in [-0.39, 0.29) is 0 Å². The van der Waals surface area contributed by atoms with Crippen molar-refractivity contribution >= 4 is 0 Å². The molecule has 3 rings (SSSR count). The molecule has 0 bridgehead atoms. The first-order chi connectivity index (χ1) is 6.95. The third-order valence-electron chi connectivity index (χ3n) is 2.39. The lowest BCUT2D eigenvalue weighted by Crippen LogP contribution is -2.26. The number of allylic oxidation sites excluding steroid dienone is 7. The van der Waals surface area contributed by atoms with Crippen LogP contribution in [0.25, 0.3) is 0 Å². The van der Waals surface area contributed by atoms with Crippen molar-refractivity contribution in [1.82, 2.24) is 10.0 Å². The van der Waals surface area contributed by atoms with Crippen molar-refractivity contribution in [3.63, 3.8) is 0 Å². The van der Waals surface area contributed by atoms with Gasteiger partial charge in [-0.3, -0.25) is 10.0 Å². The highest BCUT2D eigenvalue weighted by atomic mass is 15.6.